The Morgan fingerprint density at radius 1 is 1.38 bits per heavy atom. The third-order valence-corrected chi connectivity index (χ3v) is 2.65. The molecule has 1 N–H and O–H groups in total. The molecule has 1 fully saturated rings. The second-order valence-corrected chi connectivity index (χ2v) is 3.74. The van der Waals surface area contributed by atoms with Gasteiger partial charge in [0.1, 0.15) is 13.2 Å². The van der Waals surface area contributed by atoms with Gasteiger partial charge in [0.05, 0.1) is 13.7 Å². The van der Waals surface area contributed by atoms with Gasteiger partial charge < -0.3 is 19.1 Å². The maximum atomic E-state index is 11.5. The standard InChI is InChI=1S/C10H17NO5/c1-7(9(12)15-3)11-6-8(11)10(13)16-5-4-14-2/h7-8H,4-6H2,1-3H3/p+1/t7-,8+,11?/m0/s1. The second kappa shape index (κ2) is 5.81. The summed E-state index contributed by atoms with van der Waals surface area (Å²) < 4.78 is 14.3. The van der Waals surface area contributed by atoms with E-state index in [1.54, 1.807) is 14.0 Å². The van der Waals surface area contributed by atoms with Gasteiger partial charge in [0.15, 0.2) is 6.04 Å². The lowest BCUT2D eigenvalue weighted by molar-refractivity contribution is -0.787. The number of methoxy groups -OCH3 is 2. The molecule has 0 spiro atoms. The third-order valence-electron chi connectivity index (χ3n) is 2.65. The minimum Gasteiger partial charge on any atom is -0.465 e. The normalized spacial score (nSPS) is 24.7. The van der Waals surface area contributed by atoms with E-state index < -0.39 is 0 Å². The van der Waals surface area contributed by atoms with Crippen LogP contribution in [0.15, 0.2) is 0 Å². The van der Waals surface area contributed by atoms with Gasteiger partial charge in [0.2, 0.25) is 6.04 Å². The van der Waals surface area contributed by atoms with Crippen molar-refractivity contribution in [2.75, 3.05) is 34.0 Å². The molecular formula is C10H18NO5+. The van der Waals surface area contributed by atoms with E-state index in [0.717, 1.165) is 4.90 Å². The zero-order valence-corrected chi connectivity index (χ0v) is 9.82. The fourth-order valence-electron chi connectivity index (χ4n) is 1.54. The van der Waals surface area contributed by atoms with Gasteiger partial charge in [-0.2, -0.15) is 0 Å². The van der Waals surface area contributed by atoms with Crippen molar-refractivity contribution in [2.45, 2.75) is 19.0 Å². The Morgan fingerprint density at radius 2 is 2.06 bits per heavy atom. The largest absolute Gasteiger partial charge is 0.465 e. The Balaban J connectivity index is 2.27. The maximum Gasteiger partial charge on any atom is 0.371 e. The van der Waals surface area contributed by atoms with Crippen LogP contribution in [0.25, 0.3) is 0 Å². The minimum atomic E-state index is -0.315. The summed E-state index contributed by atoms with van der Waals surface area (Å²) >= 11 is 0. The quantitative estimate of drug-likeness (QED) is 0.326. The highest BCUT2D eigenvalue weighted by Gasteiger charge is 2.53. The molecule has 1 saturated heterocycles. The van der Waals surface area contributed by atoms with Crippen LogP contribution in [0.5, 0.6) is 0 Å². The first kappa shape index (κ1) is 12.9. The second-order valence-electron chi connectivity index (χ2n) is 3.74. The number of quaternary nitrogens is 1. The zero-order valence-electron chi connectivity index (χ0n) is 9.82. The van der Waals surface area contributed by atoms with Crippen molar-refractivity contribution < 1.29 is 28.7 Å². The molecule has 0 aromatic carbocycles. The van der Waals surface area contributed by atoms with Crippen molar-refractivity contribution in [1.82, 2.24) is 0 Å². The number of nitrogens with one attached hydrogen (secondary N) is 1. The van der Waals surface area contributed by atoms with Gasteiger partial charge in [-0.05, 0) is 6.92 Å². The molecular weight excluding hydrogens is 214 g/mol. The Hall–Kier alpha value is -1.14. The van der Waals surface area contributed by atoms with Gasteiger partial charge >= 0.3 is 11.9 Å². The van der Waals surface area contributed by atoms with Gasteiger partial charge in [-0.25, -0.2) is 9.59 Å². The van der Waals surface area contributed by atoms with Crippen LogP contribution in [0.3, 0.4) is 0 Å². The molecule has 0 amide bonds. The first-order valence-electron chi connectivity index (χ1n) is 5.20. The molecule has 1 aliphatic heterocycles. The minimum absolute atomic E-state index is 0.231. The average molecular weight is 232 g/mol. The lowest BCUT2D eigenvalue weighted by Crippen LogP contribution is -3.01. The highest BCUT2D eigenvalue weighted by atomic mass is 16.6. The summed E-state index contributed by atoms with van der Waals surface area (Å²) in [7, 11) is 2.88. The fourth-order valence-corrected chi connectivity index (χ4v) is 1.54. The lowest BCUT2D eigenvalue weighted by Gasteiger charge is -2.07. The number of carbonyl (C=O) groups is 2. The smallest absolute Gasteiger partial charge is 0.371 e. The Kier molecular flexibility index (Phi) is 4.70. The van der Waals surface area contributed by atoms with Gasteiger partial charge in [-0.15, -0.1) is 0 Å². The summed E-state index contributed by atoms with van der Waals surface area (Å²) in [5.41, 5.74) is 0. The highest BCUT2D eigenvalue weighted by Crippen LogP contribution is 1.97. The van der Waals surface area contributed by atoms with E-state index >= 15 is 0 Å². The van der Waals surface area contributed by atoms with E-state index in [-0.39, 0.29) is 30.6 Å². The molecule has 1 unspecified atom stereocenters. The Labute approximate surface area is 94.4 Å². The molecule has 0 radical (unpaired) electrons. The van der Waals surface area contributed by atoms with Crippen molar-refractivity contribution in [3.8, 4) is 0 Å². The van der Waals surface area contributed by atoms with Gasteiger partial charge in [0, 0.05) is 7.11 Å². The van der Waals surface area contributed by atoms with E-state index in [0.29, 0.717) is 13.2 Å². The van der Waals surface area contributed by atoms with E-state index in [2.05, 4.69) is 4.74 Å². The van der Waals surface area contributed by atoms with Crippen LogP contribution in [0.4, 0.5) is 0 Å². The first-order chi connectivity index (χ1) is 7.61. The van der Waals surface area contributed by atoms with Crippen LogP contribution < -0.4 is 4.90 Å². The van der Waals surface area contributed by atoms with Crippen LogP contribution in [-0.2, 0) is 23.8 Å². The molecule has 0 aliphatic carbocycles. The average Bonchev–Trinajstić information content (AvgIpc) is 3.07. The molecule has 1 rings (SSSR count). The molecule has 0 aromatic rings. The predicted molar refractivity (Wildman–Crippen MR) is 53.9 cm³/mol. The Bertz CT molecular complexity index is 268. The van der Waals surface area contributed by atoms with E-state index in [4.69, 9.17) is 9.47 Å². The van der Waals surface area contributed by atoms with Crippen molar-refractivity contribution in [3.05, 3.63) is 0 Å². The number of esters is 2. The molecule has 3 atom stereocenters. The van der Waals surface area contributed by atoms with Gasteiger partial charge in [0.25, 0.3) is 0 Å². The summed E-state index contributed by atoms with van der Waals surface area (Å²) in [5, 5.41) is 0. The molecule has 1 heterocycles. The summed E-state index contributed by atoms with van der Waals surface area (Å²) in [6.45, 7) is 3.01. The van der Waals surface area contributed by atoms with Crippen molar-refractivity contribution in [2.24, 2.45) is 0 Å². The number of rotatable bonds is 6. The summed E-state index contributed by atoms with van der Waals surface area (Å²) in [6, 6.07) is -0.545. The molecule has 6 heteroatoms. The summed E-state index contributed by atoms with van der Waals surface area (Å²) in [5.74, 6) is -0.579. The summed E-state index contributed by atoms with van der Waals surface area (Å²) in [4.78, 5) is 23.6. The maximum absolute atomic E-state index is 11.5. The molecule has 0 bridgehead atoms. The number of hydrogen-bond donors (Lipinski definition) is 1. The van der Waals surface area contributed by atoms with Crippen molar-refractivity contribution in [3.63, 3.8) is 0 Å². The Morgan fingerprint density at radius 3 is 2.62 bits per heavy atom. The van der Waals surface area contributed by atoms with Crippen LogP contribution >= 0.6 is 0 Å². The molecule has 0 saturated carbocycles. The monoisotopic (exact) mass is 232 g/mol. The van der Waals surface area contributed by atoms with Crippen molar-refractivity contribution in [1.29, 1.82) is 0 Å². The molecule has 16 heavy (non-hydrogen) atoms. The van der Waals surface area contributed by atoms with Crippen LogP contribution in [-0.4, -0.2) is 58.0 Å². The van der Waals surface area contributed by atoms with E-state index in [1.807, 2.05) is 0 Å². The number of ether oxygens (including phenoxy) is 3. The van der Waals surface area contributed by atoms with Crippen molar-refractivity contribution >= 4 is 11.9 Å². The molecule has 1 aliphatic rings. The van der Waals surface area contributed by atoms with Crippen LogP contribution in [0, 0.1) is 0 Å². The van der Waals surface area contributed by atoms with Gasteiger partial charge in [-0.1, -0.05) is 0 Å². The topological polar surface area (TPSA) is 66.3 Å². The molecule has 6 nitrogen and oxygen atoms in total. The number of hydrogen-bond acceptors (Lipinski definition) is 5. The van der Waals surface area contributed by atoms with E-state index in [9.17, 15) is 9.59 Å². The first-order valence-corrected chi connectivity index (χ1v) is 5.20. The SMILES string of the molecule is COCCOC(=O)[C@H]1C[NH+]1[C@@H](C)C(=O)OC. The zero-order chi connectivity index (χ0) is 12.1. The third kappa shape index (κ3) is 3.18. The van der Waals surface area contributed by atoms with E-state index in [1.165, 1.54) is 7.11 Å². The molecule has 92 valence electrons. The van der Waals surface area contributed by atoms with Gasteiger partial charge in [-0.3, -0.25) is 0 Å². The highest BCUT2D eigenvalue weighted by molar-refractivity contribution is 5.78. The predicted octanol–water partition coefficient (Wildman–Crippen LogP) is -2.00. The number of carbonyl (C=O) groups excluding carboxylic acids is 2. The van der Waals surface area contributed by atoms with Crippen LogP contribution in [0.2, 0.25) is 0 Å². The van der Waals surface area contributed by atoms with Crippen LogP contribution in [0.1, 0.15) is 6.92 Å². The lowest BCUT2D eigenvalue weighted by atomic mass is 10.3. The summed E-state index contributed by atoms with van der Waals surface area (Å²) in [6.07, 6.45) is 0. The molecule has 0 aromatic heterocycles. The fraction of sp³-hybridized carbons (Fsp3) is 0.800.